The second kappa shape index (κ2) is 12.8. The van der Waals surface area contributed by atoms with Gasteiger partial charge in [-0.2, -0.15) is 5.10 Å². The van der Waals surface area contributed by atoms with Crippen LogP contribution in [0.5, 0.6) is 11.5 Å². The smallest absolute Gasteiger partial charge is 0.171 e. The summed E-state index contributed by atoms with van der Waals surface area (Å²) in [7, 11) is 2.01. The molecule has 0 saturated carbocycles. The molecule has 1 aliphatic heterocycles. The Hall–Kier alpha value is -4.07. The van der Waals surface area contributed by atoms with Gasteiger partial charge in [-0.15, -0.1) is 0 Å². The van der Waals surface area contributed by atoms with Crippen molar-refractivity contribution in [2.24, 2.45) is 5.10 Å². The Morgan fingerprint density at radius 2 is 2.00 bits per heavy atom. The molecule has 2 aromatic rings. The van der Waals surface area contributed by atoms with Crippen LogP contribution < -0.4 is 19.7 Å². The zero-order valence-electron chi connectivity index (χ0n) is 22.8. The van der Waals surface area contributed by atoms with Crippen LogP contribution in [0.4, 0.5) is 11.5 Å². The standard InChI is InChI=1S/C29H38N6O2/c1-8-11-15-34(7)29-26(36-10-3)18-21(5)27(33-29)28(30)32-23-12-13-25(20(4)17-23)37-24-14-16-35(31-9-2)22(6)19-24/h9,12-14,16-19H,6,8,10-11,15H2,1-5,7H3,(H2,30,32)/b31-9-. The minimum absolute atomic E-state index is 0.226. The number of hydrogen-bond acceptors (Lipinski definition) is 7. The normalized spacial score (nSPS) is 13.1. The minimum Gasteiger partial charge on any atom is -0.490 e. The first kappa shape index (κ1) is 27.5. The highest BCUT2D eigenvalue weighted by Crippen LogP contribution is 2.30. The zero-order valence-corrected chi connectivity index (χ0v) is 22.8. The Labute approximate surface area is 220 Å². The number of amidine groups is 1. The van der Waals surface area contributed by atoms with Crippen LogP contribution in [0.3, 0.4) is 0 Å². The van der Waals surface area contributed by atoms with Crippen LogP contribution in [0.2, 0.25) is 0 Å². The van der Waals surface area contributed by atoms with E-state index >= 15 is 0 Å². The molecule has 3 rings (SSSR count). The average molecular weight is 503 g/mol. The number of aryl methyl sites for hydroxylation is 2. The number of nitrogens with one attached hydrogen (secondary N) is 2. The van der Waals surface area contributed by atoms with Gasteiger partial charge in [0.15, 0.2) is 11.6 Å². The van der Waals surface area contributed by atoms with Gasteiger partial charge < -0.3 is 19.7 Å². The summed E-state index contributed by atoms with van der Waals surface area (Å²) in [6.45, 7) is 15.4. The van der Waals surface area contributed by atoms with Gasteiger partial charge in [-0.25, -0.2) is 9.99 Å². The van der Waals surface area contributed by atoms with Gasteiger partial charge in [-0.3, -0.25) is 5.41 Å². The van der Waals surface area contributed by atoms with E-state index in [1.54, 1.807) is 11.2 Å². The Morgan fingerprint density at radius 1 is 1.22 bits per heavy atom. The third kappa shape index (κ3) is 7.00. The van der Waals surface area contributed by atoms with Crippen molar-refractivity contribution >= 4 is 23.6 Å². The third-order valence-corrected chi connectivity index (χ3v) is 5.80. The summed E-state index contributed by atoms with van der Waals surface area (Å²) < 4.78 is 11.9. The van der Waals surface area contributed by atoms with Gasteiger partial charge in [0.2, 0.25) is 0 Å². The van der Waals surface area contributed by atoms with Crippen molar-refractivity contribution in [2.45, 2.75) is 47.5 Å². The van der Waals surface area contributed by atoms with E-state index in [0.29, 0.717) is 18.1 Å². The summed E-state index contributed by atoms with van der Waals surface area (Å²) in [6.07, 6.45) is 9.35. The van der Waals surface area contributed by atoms with E-state index in [9.17, 15) is 0 Å². The topological polar surface area (TPSA) is 86.1 Å². The SMILES string of the molecule is C=C1C=C(Oc2ccc(NC(=N)c3nc(N(C)CCCC)c(OCC)cc3C)cc2C)C=CN1/N=C\C. The molecule has 0 unspecified atom stereocenters. The number of unbranched alkanes of at least 4 members (excludes halogenated alkanes) is 1. The highest BCUT2D eigenvalue weighted by molar-refractivity contribution is 6.06. The molecule has 0 bridgehead atoms. The van der Waals surface area contributed by atoms with Crippen molar-refractivity contribution in [1.29, 1.82) is 5.41 Å². The van der Waals surface area contributed by atoms with E-state index in [1.807, 2.05) is 77.4 Å². The van der Waals surface area contributed by atoms with E-state index < -0.39 is 0 Å². The molecule has 0 atom stereocenters. The molecule has 0 saturated heterocycles. The number of benzene rings is 1. The quantitative estimate of drug-likeness (QED) is 0.274. The highest BCUT2D eigenvalue weighted by atomic mass is 16.5. The molecule has 1 aliphatic rings. The van der Waals surface area contributed by atoms with Crippen molar-refractivity contribution in [1.82, 2.24) is 9.99 Å². The van der Waals surface area contributed by atoms with Crippen LogP contribution in [0, 0.1) is 19.3 Å². The van der Waals surface area contributed by atoms with Gasteiger partial charge >= 0.3 is 0 Å². The Kier molecular flexibility index (Phi) is 9.49. The number of pyridine rings is 1. The summed E-state index contributed by atoms with van der Waals surface area (Å²) in [5.41, 5.74) is 3.91. The van der Waals surface area contributed by atoms with Crippen LogP contribution in [-0.4, -0.2) is 42.2 Å². The molecule has 8 heteroatoms. The van der Waals surface area contributed by atoms with Gasteiger partial charge in [0.05, 0.1) is 12.3 Å². The van der Waals surface area contributed by atoms with E-state index in [0.717, 1.165) is 59.2 Å². The number of anilines is 2. The van der Waals surface area contributed by atoms with Gasteiger partial charge in [-0.05, 0) is 75.6 Å². The molecule has 2 N–H and O–H groups in total. The van der Waals surface area contributed by atoms with Crippen LogP contribution in [-0.2, 0) is 0 Å². The molecule has 0 aliphatic carbocycles. The average Bonchev–Trinajstić information content (AvgIpc) is 2.86. The van der Waals surface area contributed by atoms with Crippen LogP contribution in [0.25, 0.3) is 0 Å². The summed E-state index contributed by atoms with van der Waals surface area (Å²) in [5.74, 6) is 3.12. The molecule has 0 spiro atoms. The highest BCUT2D eigenvalue weighted by Gasteiger charge is 2.17. The fourth-order valence-electron chi connectivity index (χ4n) is 3.86. The number of nitrogens with zero attached hydrogens (tertiary/aromatic N) is 4. The van der Waals surface area contributed by atoms with Crippen LogP contribution in [0.1, 0.15) is 50.4 Å². The molecular weight excluding hydrogens is 464 g/mol. The molecule has 1 aromatic heterocycles. The molecular formula is C29H38N6O2. The first-order valence-electron chi connectivity index (χ1n) is 12.6. The number of ether oxygens (including phenoxy) is 2. The minimum atomic E-state index is 0.226. The molecule has 0 fully saturated rings. The maximum Gasteiger partial charge on any atom is 0.171 e. The van der Waals surface area contributed by atoms with E-state index in [4.69, 9.17) is 19.9 Å². The van der Waals surface area contributed by atoms with Crippen molar-refractivity contribution in [3.8, 4) is 11.5 Å². The molecule has 0 amide bonds. The number of rotatable bonds is 11. The number of aromatic nitrogens is 1. The first-order chi connectivity index (χ1) is 17.8. The Balaban J connectivity index is 1.76. The number of allylic oxidation sites excluding steroid dienone is 2. The molecule has 2 heterocycles. The van der Waals surface area contributed by atoms with Gasteiger partial charge in [-0.1, -0.05) is 19.9 Å². The number of hydrazone groups is 1. The van der Waals surface area contributed by atoms with Gasteiger partial charge in [0.25, 0.3) is 0 Å². The summed E-state index contributed by atoms with van der Waals surface area (Å²) in [5, 5.41) is 17.8. The summed E-state index contributed by atoms with van der Waals surface area (Å²) in [4.78, 5) is 6.93. The lowest BCUT2D eigenvalue weighted by Crippen LogP contribution is -2.23. The molecule has 1 aromatic carbocycles. The third-order valence-electron chi connectivity index (χ3n) is 5.80. The van der Waals surface area contributed by atoms with Crippen molar-refractivity contribution in [2.75, 3.05) is 30.4 Å². The summed E-state index contributed by atoms with van der Waals surface area (Å²) >= 11 is 0. The van der Waals surface area contributed by atoms with Crippen molar-refractivity contribution in [3.63, 3.8) is 0 Å². The zero-order chi connectivity index (χ0) is 26.9. The lowest BCUT2D eigenvalue weighted by molar-refractivity contribution is 0.339. The fraction of sp³-hybridized carbons (Fsp3) is 0.345. The maximum absolute atomic E-state index is 8.75. The molecule has 37 heavy (non-hydrogen) atoms. The first-order valence-corrected chi connectivity index (χ1v) is 12.6. The Morgan fingerprint density at radius 3 is 2.65 bits per heavy atom. The largest absolute Gasteiger partial charge is 0.490 e. The second-order valence-electron chi connectivity index (χ2n) is 8.84. The van der Waals surface area contributed by atoms with Crippen LogP contribution in [0.15, 0.2) is 65.8 Å². The fourth-order valence-corrected chi connectivity index (χ4v) is 3.86. The molecule has 196 valence electrons. The lowest BCUT2D eigenvalue weighted by atomic mass is 10.1. The Bertz CT molecular complexity index is 1230. The molecule has 8 nitrogen and oxygen atoms in total. The predicted molar refractivity (Wildman–Crippen MR) is 153 cm³/mol. The van der Waals surface area contributed by atoms with Gasteiger partial charge in [0, 0.05) is 37.8 Å². The van der Waals surface area contributed by atoms with Crippen molar-refractivity contribution < 1.29 is 9.47 Å². The van der Waals surface area contributed by atoms with Crippen LogP contribution >= 0.6 is 0 Å². The number of hydrogen-bond donors (Lipinski definition) is 2. The van der Waals surface area contributed by atoms with E-state index in [-0.39, 0.29) is 5.84 Å². The molecule has 0 radical (unpaired) electrons. The summed E-state index contributed by atoms with van der Waals surface area (Å²) in [6, 6.07) is 7.71. The van der Waals surface area contributed by atoms with Gasteiger partial charge in [0.1, 0.15) is 23.0 Å². The van der Waals surface area contributed by atoms with E-state index in [1.165, 1.54) is 0 Å². The monoisotopic (exact) mass is 502 g/mol. The van der Waals surface area contributed by atoms with E-state index in [2.05, 4.69) is 28.8 Å². The lowest BCUT2D eigenvalue weighted by Gasteiger charge is -2.23. The van der Waals surface area contributed by atoms with Crippen molar-refractivity contribution in [3.05, 3.63) is 77.5 Å². The maximum atomic E-state index is 8.75. The predicted octanol–water partition coefficient (Wildman–Crippen LogP) is 6.38. The second-order valence-corrected chi connectivity index (χ2v) is 8.84.